The van der Waals surface area contributed by atoms with Crippen molar-refractivity contribution in [3.05, 3.63) is 0 Å². The van der Waals surface area contributed by atoms with Crippen molar-refractivity contribution < 1.29 is 39.0 Å². The summed E-state index contributed by atoms with van der Waals surface area (Å²) in [5.74, 6) is -5.67. The Morgan fingerprint density at radius 1 is 1.06 bits per heavy atom. The number of aliphatic carboxylic acids is 1. The minimum Gasteiger partial charge on any atom is -0.480 e. The highest BCUT2D eigenvalue weighted by Gasteiger charge is 2.35. The molecule has 34 heavy (non-hydrogen) atoms. The van der Waals surface area contributed by atoms with Crippen molar-refractivity contribution in [2.24, 2.45) is 5.73 Å². The Morgan fingerprint density at radius 3 is 2.15 bits per heavy atom. The van der Waals surface area contributed by atoms with Crippen LogP contribution in [0.1, 0.15) is 13.3 Å². The predicted molar refractivity (Wildman–Crippen MR) is 125 cm³/mol. The molecule has 0 bridgehead atoms. The molecule has 0 aliphatic carbocycles. The molecule has 1 heterocycles. The molecule has 0 radical (unpaired) electrons. The summed E-state index contributed by atoms with van der Waals surface area (Å²) in [6.07, 6.45) is -0.584. The van der Waals surface area contributed by atoms with Crippen molar-refractivity contribution in [2.75, 3.05) is 25.2 Å². The molecule has 16 heteroatoms. The fourth-order valence-corrected chi connectivity index (χ4v) is 4.60. The third-order valence-electron chi connectivity index (χ3n) is 4.85. The fourth-order valence-electron chi connectivity index (χ4n) is 2.90. The number of aliphatic hydroxyl groups is 1. The van der Waals surface area contributed by atoms with E-state index < -0.39 is 84.0 Å². The molecule has 14 nitrogen and oxygen atoms in total. The number of aliphatic hydroxyl groups excluding tert-OH is 1. The Labute approximate surface area is 205 Å². The standard InChI is InChI=1S/C18H30N6O8S2/c1-7-14(27)22-8(3-12(19)26)15(28)24-10(5-33)13(18(31)32)34-6-11(20-2)17(30)23-9(4-25)16(29)21-7/h7-11,13,20,25,33H,3-6H2,1-2H3,(H2,19,26)(H,21,29)(H,22,27)(H,23,30)(H,24,28)(H,31,32)/t7?,8-,9?,10?,11-,13?/m0/s1. The van der Waals surface area contributed by atoms with Gasteiger partial charge in [0.15, 0.2) is 0 Å². The van der Waals surface area contributed by atoms with Gasteiger partial charge in [0.2, 0.25) is 29.5 Å². The molecule has 192 valence electrons. The number of carbonyl (C=O) groups excluding carboxylic acids is 5. The van der Waals surface area contributed by atoms with Crippen LogP contribution in [-0.4, -0.2) is 106 Å². The summed E-state index contributed by atoms with van der Waals surface area (Å²) >= 11 is 4.94. The highest BCUT2D eigenvalue weighted by molar-refractivity contribution is 8.00. The predicted octanol–water partition coefficient (Wildman–Crippen LogP) is -4.47. The van der Waals surface area contributed by atoms with Gasteiger partial charge >= 0.3 is 5.97 Å². The summed E-state index contributed by atoms with van der Waals surface area (Å²) in [6, 6.07) is -6.07. The van der Waals surface area contributed by atoms with Crippen LogP contribution < -0.4 is 32.3 Å². The number of amides is 5. The van der Waals surface area contributed by atoms with E-state index in [0.717, 1.165) is 11.8 Å². The molecule has 0 spiro atoms. The highest BCUT2D eigenvalue weighted by Crippen LogP contribution is 2.18. The Kier molecular flexibility index (Phi) is 12.1. The molecule has 1 aliphatic rings. The van der Waals surface area contributed by atoms with Crippen molar-refractivity contribution in [3.8, 4) is 0 Å². The minimum absolute atomic E-state index is 0.0724. The summed E-state index contributed by atoms with van der Waals surface area (Å²) in [5.41, 5.74) is 5.18. The van der Waals surface area contributed by atoms with Crippen molar-refractivity contribution in [3.63, 3.8) is 0 Å². The van der Waals surface area contributed by atoms with Crippen LogP contribution in [0.25, 0.3) is 0 Å². The smallest absolute Gasteiger partial charge is 0.318 e. The van der Waals surface area contributed by atoms with Crippen LogP contribution in [0.3, 0.4) is 0 Å². The lowest BCUT2D eigenvalue weighted by Crippen LogP contribution is -2.60. The van der Waals surface area contributed by atoms with Crippen LogP contribution in [0.15, 0.2) is 0 Å². The van der Waals surface area contributed by atoms with Crippen LogP contribution >= 0.6 is 24.4 Å². The molecule has 9 N–H and O–H groups in total. The highest BCUT2D eigenvalue weighted by atomic mass is 32.2. The molecule has 1 rings (SSSR count). The number of rotatable bonds is 6. The van der Waals surface area contributed by atoms with Gasteiger partial charge in [-0.1, -0.05) is 0 Å². The molecular formula is C18H30N6O8S2. The van der Waals surface area contributed by atoms with Crippen molar-refractivity contribution >= 4 is 59.9 Å². The first-order chi connectivity index (χ1) is 15.9. The Hall–Kier alpha value is -2.56. The van der Waals surface area contributed by atoms with E-state index >= 15 is 0 Å². The van der Waals surface area contributed by atoms with E-state index in [2.05, 4.69) is 39.2 Å². The van der Waals surface area contributed by atoms with E-state index in [4.69, 9.17) is 5.73 Å². The van der Waals surface area contributed by atoms with Gasteiger partial charge in [-0.05, 0) is 14.0 Å². The summed E-state index contributed by atoms with van der Waals surface area (Å²) < 4.78 is 0. The summed E-state index contributed by atoms with van der Waals surface area (Å²) in [5, 5.41) is 30.1. The third kappa shape index (κ3) is 8.66. The maximum atomic E-state index is 12.8. The maximum absolute atomic E-state index is 12.8. The molecular weight excluding hydrogens is 492 g/mol. The molecule has 1 fully saturated rings. The van der Waals surface area contributed by atoms with Gasteiger partial charge in [0.25, 0.3) is 0 Å². The molecule has 0 aromatic rings. The number of nitrogens with two attached hydrogens (primary N) is 1. The van der Waals surface area contributed by atoms with E-state index in [-0.39, 0.29) is 11.5 Å². The molecule has 1 aliphatic heterocycles. The molecule has 4 unspecified atom stereocenters. The number of thioether (sulfide) groups is 1. The van der Waals surface area contributed by atoms with Gasteiger partial charge in [-0.3, -0.25) is 28.8 Å². The number of primary amides is 1. The zero-order valence-electron chi connectivity index (χ0n) is 18.6. The van der Waals surface area contributed by atoms with E-state index in [1.165, 1.54) is 14.0 Å². The number of carboxylic acids is 1. The minimum atomic E-state index is -1.45. The van der Waals surface area contributed by atoms with Gasteiger partial charge in [0.05, 0.1) is 25.1 Å². The summed E-state index contributed by atoms with van der Waals surface area (Å²) in [4.78, 5) is 73.7. The number of hydrogen-bond acceptors (Lipinski definition) is 10. The van der Waals surface area contributed by atoms with Crippen LogP contribution in [0.5, 0.6) is 0 Å². The quantitative estimate of drug-likeness (QED) is 0.152. The van der Waals surface area contributed by atoms with Gasteiger partial charge in [-0.2, -0.15) is 12.6 Å². The monoisotopic (exact) mass is 522 g/mol. The van der Waals surface area contributed by atoms with E-state index in [1.807, 2.05) is 0 Å². The van der Waals surface area contributed by atoms with Gasteiger partial charge in [0.1, 0.15) is 23.4 Å². The number of hydrogen-bond donors (Lipinski definition) is 9. The second-order valence-corrected chi connectivity index (χ2v) is 8.98. The zero-order chi connectivity index (χ0) is 26.0. The zero-order valence-corrected chi connectivity index (χ0v) is 20.3. The van der Waals surface area contributed by atoms with Gasteiger partial charge in [-0.15, -0.1) is 11.8 Å². The molecule has 0 aromatic heterocycles. The molecule has 6 atom stereocenters. The average Bonchev–Trinajstić information content (AvgIpc) is 2.76. The van der Waals surface area contributed by atoms with E-state index in [9.17, 15) is 39.0 Å². The van der Waals surface area contributed by atoms with Gasteiger partial charge in [0, 0.05) is 11.5 Å². The first-order valence-corrected chi connectivity index (χ1v) is 11.9. The molecule has 1 saturated heterocycles. The lowest BCUT2D eigenvalue weighted by atomic mass is 10.1. The van der Waals surface area contributed by atoms with Gasteiger partial charge < -0.3 is 42.5 Å². The van der Waals surface area contributed by atoms with Crippen LogP contribution in [0.2, 0.25) is 0 Å². The largest absolute Gasteiger partial charge is 0.480 e. The SMILES string of the molecule is CN[C@H]1CSC(C(=O)O)C(CS)NC(=O)[C@H](CC(N)=O)NC(=O)C(C)NC(=O)C(CO)NC1=O. The van der Waals surface area contributed by atoms with E-state index in [1.54, 1.807) is 0 Å². The Morgan fingerprint density at radius 2 is 1.65 bits per heavy atom. The summed E-state index contributed by atoms with van der Waals surface area (Å²) in [7, 11) is 1.45. The lowest BCUT2D eigenvalue weighted by Gasteiger charge is -2.28. The van der Waals surface area contributed by atoms with Crippen LogP contribution in [-0.2, 0) is 28.8 Å². The first kappa shape index (κ1) is 29.5. The number of nitrogens with one attached hydrogen (secondary N) is 5. The average molecular weight is 523 g/mol. The number of thiol groups is 1. The maximum Gasteiger partial charge on any atom is 0.318 e. The Bertz CT molecular complexity index is 800. The molecule has 5 amide bonds. The number of likely N-dealkylation sites (N-methyl/N-ethyl adjacent to an activating group) is 1. The second kappa shape index (κ2) is 14.0. The van der Waals surface area contributed by atoms with Crippen LogP contribution in [0, 0.1) is 0 Å². The van der Waals surface area contributed by atoms with Crippen molar-refractivity contribution in [2.45, 2.75) is 48.8 Å². The topological polar surface area (TPSA) is 229 Å². The normalized spacial score (nSPS) is 29.9. The fraction of sp³-hybridized carbons (Fsp3) is 0.667. The van der Waals surface area contributed by atoms with Crippen LogP contribution in [0.4, 0.5) is 0 Å². The Balaban J connectivity index is 3.35. The molecule has 0 saturated carbocycles. The van der Waals surface area contributed by atoms with Crippen molar-refractivity contribution in [1.29, 1.82) is 0 Å². The van der Waals surface area contributed by atoms with Gasteiger partial charge in [-0.25, -0.2) is 0 Å². The third-order valence-corrected chi connectivity index (χ3v) is 6.65. The first-order valence-electron chi connectivity index (χ1n) is 10.2. The number of carboxylic acid groups (broad SMARTS) is 1. The lowest BCUT2D eigenvalue weighted by molar-refractivity contribution is -0.138. The number of carbonyl (C=O) groups is 6. The van der Waals surface area contributed by atoms with E-state index in [0.29, 0.717) is 0 Å². The van der Waals surface area contributed by atoms with Crippen molar-refractivity contribution in [1.82, 2.24) is 26.6 Å². The molecule has 0 aromatic carbocycles. The second-order valence-electron chi connectivity index (χ2n) is 7.44. The summed E-state index contributed by atoms with van der Waals surface area (Å²) in [6.45, 7) is 0.511.